The zero-order chi connectivity index (χ0) is 30.6. The van der Waals surface area contributed by atoms with Crippen molar-refractivity contribution in [1.82, 2.24) is 30.4 Å². The number of hydrogen-bond acceptors (Lipinski definition) is 13. The van der Waals surface area contributed by atoms with Gasteiger partial charge in [0, 0.05) is 31.4 Å². The van der Waals surface area contributed by atoms with E-state index in [1.165, 1.54) is 47.4 Å². The summed E-state index contributed by atoms with van der Waals surface area (Å²) < 4.78 is 11.7. The van der Waals surface area contributed by atoms with Gasteiger partial charge in [0.2, 0.25) is 11.1 Å². The van der Waals surface area contributed by atoms with E-state index in [2.05, 4.69) is 26.2 Å². The summed E-state index contributed by atoms with van der Waals surface area (Å²) in [6, 6.07) is 4.77. The number of aromatic nitrogens is 4. The maximum atomic E-state index is 13.3. The first kappa shape index (κ1) is 34.3. The van der Waals surface area contributed by atoms with Gasteiger partial charge in [-0.05, 0) is 33.7 Å². The van der Waals surface area contributed by atoms with E-state index in [0.29, 0.717) is 22.0 Å². The van der Waals surface area contributed by atoms with Gasteiger partial charge in [0.15, 0.2) is 0 Å². The summed E-state index contributed by atoms with van der Waals surface area (Å²) in [5, 5.41) is 34.5. The van der Waals surface area contributed by atoms with E-state index in [4.69, 9.17) is 20.3 Å². The first-order chi connectivity index (χ1) is 20.0. The second kappa shape index (κ2) is 14.5. The molecule has 3 atom stereocenters. The first-order valence-corrected chi connectivity index (χ1v) is 14.1. The summed E-state index contributed by atoms with van der Waals surface area (Å²) in [6.45, 7) is -0.513. The Hall–Kier alpha value is -3.20. The number of aliphatic carboxylic acids is 2. The Kier molecular flexibility index (Phi) is 11.6. The molecule has 4 rings (SSSR count). The molecule has 0 spiro atoms. The van der Waals surface area contributed by atoms with Crippen LogP contribution in [0.1, 0.15) is 6.99 Å². The quantitative estimate of drug-likeness (QED) is 0.0646. The van der Waals surface area contributed by atoms with Gasteiger partial charge in [0.25, 0.3) is 11.6 Å². The molecule has 1 saturated heterocycles. The van der Waals surface area contributed by atoms with Crippen LogP contribution in [0.2, 0.25) is 0 Å². The zero-order valence-electron chi connectivity index (χ0n) is 24.2. The summed E-state index contributed by atoms with van der Waals surface area (Å²) in [6.07, 6.45) is -1.05. The number of rotatable bonds is 12. The van der Waals surface area contributed by atoms with Crippen molar-refractivity contribution in [2.45, 2.75) is 28.7 Å². The number of carboxylic acids is 2. The normalized spacial score (nSPS) is 19.8. The molecule has 43 heavy (non-hydrogen) atoms. The van der Waals surface area contributed by atoms with Crippen LogP contribution in [-0.4, -0.2) is 108 Å². The molecule has 2 aliphatic rings. The Morgan fingerprint density at radius 1 is 1.28 bits per heavy atom. The number of aryl methyl sites for hydroxylation is 1. The van der Waals surface area contributed by atoms with Crippen molar-refractivity contribution in [3.8, 4) is 0 Å². The van der Waals surface area contributed by atoms with E-state index in [1.807, 2.05) is 0 Å². The molecule has 20 heteroatoms. The van der Waals surface area contributed by atoms with Crippen molar-refractivity contribution in [3.63, 3.8) is 0 Å². The third-order valence-electron chi connectivity index (χ3n) is 6.19. The third kappa shape index (κ3) is 7.48. The Labute approximate surface area is 276 Å². The summed E-state index contributed by atoms with van der Waals surface area (Å²) in [4.78, 5) is 62.1. The number of carboxylic acid groups (broad SMARTS) is 2. The van der Waals surface area contributed by atoms with E-state index in [1.54, 1.807) is 19.2 Å². The molecule has 1 aromatic carbocycles. The van der Waals surface area contributed by atoms with Crippen LogP contribution in [0, 0.1) is 0 Å². The number of β-lactam (4-membered cyclic amide) rings is 1. The van der Waals surface area contributed by atoms with Crippen molar-refractivity contribution in [2.24, 2.45) is 12.8 Å². The Morgan fingerprint density at radius 2 is 1.98 bits per heavy atom. The van der Waals surface area contributed by atoms with Gasteiger partial charge in [-0.25, -0.2) is 14.3 Å². The monoisotopic (exact) mass is 646 g/mol. The third-order valence-corrected chi connectivity index (χ3v) is 8.66. The maximum absolute atomic E-state index is 13.3. The Morgan fingerprint density at radius 3 is 2.56 bits per heavy atom. The van der Waals surface area contributed by atoms with E-state index in [-0.39, 0.29) is 54.6 Å². The van der Waals surface area contributed by atoms with Crippen LogP contribution in [0.3, 0.4) is 0 Å². The molecule has 0 unspecified atom stereocenters. The van der Waals surface area contributed by atoms with Gasteiger partial charge in [-0.1, -0.05) is 23.9 Å². The fraction of sp³-hybridized carbons (Fsp3) is 0.391. The van der Waals surface area contributed by atoms with E-state index in [0.717, 1.165) is 4.90 Å². The molecule has 0 bridgehead atoms. The minimum absolute atomic E-state index is 0. The molecule has 1 fully saturated rings. The number of carbonyl (C=O) groups excluding carboxylic acids is 3. The van der Waals surface area contributed by atoms with Gasteiger partial charge >= 0.3 is 47.6 Å². The topological polar surface area (TPSA) is 241 Å². The second-order valence-electron chi connectivity index (χ2n) is 9.00. The molecule has 3 heterocycles. The van der Waals surface area contributed by atoms with Gasteiger partial charge in [0.05, 0.1) is 6.42 Å². The standard InChI is InChI=1S/C23H26N8O9S2.Na.H/c1-30-21(27-28-29-30)42-10-12-9-41-20-23(39-2,19(37)31(20)16(12)18(35)36)26-15(32)7-11-3-5-13(6-4-11)25-22(38)40-8-14(24)17(33)34;;/h3-6,14,20H,7-10,24H2,1-2H3,(H,25,38)(H,26,32)(H,33,34)(H,35,36);;/q;+1;-1/t14-,20-,23+;;/m1../s1. The number of nitrogens with two attached hydrogens (primary N) is 1. The SMILES string of the molecule is CO[C@@]1(NC(=O)Cc2ccc(NC(=O)OC[C@@H](N)C(=O)O)cc2)C(=O)N2C(C(=O)O)=C(CSc3nnnn3C)CS[C@@H]21.[H-].[Na+]. The number of tetrazole rings is 1. The average molecular weight is 647 g/mol. The molecule has 0 saturated carbocycles. The van der Waals surface area contributed by atoms with Crippen molar-refractivity contribution in [1.29, 1.82) is 0 Å². The predicted octanol–water partition coefficient (Wildman–Crippen LogP) is -3.67. The fourth-order valence-electron chi connectivity index (χ4n) is 4.08. The number of nitrogens with one attached hydrogen (secondary N) is 2. The van der Waals surface area contributed by atoms with Gasteiger partial charge in [-0.15, -0.1) is 16.9 Å². The van der Waals surface area contributed by atoms with Crippen LogP contribution in [-0.2, 0) is 42.1 Å². The molecule has 0 aliphatic carbocycles. The van der Waals surface area contributed by atoms with Gasteiger partial charge in [0.1, 0.15) is 23.7 Å². The molecule has 1 aromatic heterocycles. The Bertz CT molecular complexity index is 1450. The minimum Gasteiger partial charge on any atom is -1.00 e. The first-order valence-electron chi connectivity index (χ1n) is 12.1. The molecule has 3 amide bonds. The average Bonchev–Trinajstić information content (AvgIpc) is 3.37. The molecular formula is C23H27N8NaO9S2. The molecule has 6 N–H and O–H groups in total. The summed E-state index contributed by atoms with van der Waals surface area (Å²) in [5.74, 6) is -3.34. The molecule has 2 aromatic rings. The predicted molar refractivity (Wildman–Crippen MR) is 147 cm³/mol. The number of hydrogen-bond donors (Lipinski definition) is 5. The molecule has 226 valence electrons. The van der Waals surface area contributed by atoms with Gasteiger partial charge < -0.3 is 32.2 Å². The van der Waals surface area contributed by atoms with Crippen LogP contribution in [0.25, 0.3) is 0 Å². The number of nitrogens with zero attached hydrogens (tertiary/aromatic N) is 5. The minimum atomic E-state index is -1.75. The second-order valence-corrected chi connectivity index (χ2v) is 11.0. The van der Waals surface area contributed by atoms with Crippen LogP contribution in [0.5, 0.6) is 0 Å². The molecule has 17 nitrogen and oxygen atoms in total. The van der Waals surface area contributed by atoms with E-state index >= 15 is 0 Å². The van der Waals surface area contributed by atoms with Gasteiger partial charge in [-0.3, -0.25) is 24.6 Å². The summed E-state index contributed by atoms with van der Waals surface area (Å²) in [5.41, 5.74) is 4.73. The number of benzene rings is 1. The van der Waals surface area contributed by atoms with E-state index in [9.17, 15) is 29.1 Å². The molecule has 2 aliphatic heterocycles. The smallest absolute Gasteiger partial charge is 1.00 e. The van der Waals surface area contributed by atoms with Crippen molar-refractivity contribution in [2.75, 3.05) is 30.5 Å². The summed E-state index contributed by atoms with van der Waals surface area (Å²) in [7, 11) is 2.91. The van der Waals surface area contributed by atoms with Gasteiger partial charge in [-0.2, -0.15) is 0 Å². The van der Waals surface area contributed by atoms with Crippen LogP contribution in [0.15, 0.2) is 40.7 Å². The van der Waals surface area contributed by atoms with E-state index < -0.39 is 53.6 Å². The number of amides is 3. The van der Waals surface area contributed by atoms with Crippen molar-refractivity contribution >= 4 is 59.1 Å². The Balaban J connectivity index is 0.00000337. The van der Waals surface area contributed by atoms with Crippen LogP contribution < -0.4 is 45.9 Å². The van der Waals surface area contributed by atoms with Crippen LogP contribution in [0.4, 0.5) is 10.5 Å². The van der Waals surface area contributed by atoms with Crippen molar-refractivity contribution in [3.05, 3.63) is 41.1 Å². The number of fused-ring (bicyclic) bond motifs is 1. The largest absolute Gasteiger partial charge is 1.00 e. The summed E-state index contributed by atoms with van der Waals surface area (Å²) >= 11 is 2.49. The maximum Gasteiger partial charge on any atom is 1.00 e. The number of thioether (sulfide) groups is 2. The number of anilines is 1. The fourth-order valence-corrected chi connectivity index (χ4v) is 6.51. The molecule has 0 radical (unpaired) electrons. The zero-order valence-corrected chi connectivity index (χ0v) is 26.8. The molecular weight excluding hydrogens is 619 g/mol. The van der Waals surface area contributed by atoms with Crippen molar-refractivity contribution < 1.29 is 74.6 Å². The number of carbonyl (C=O) groups is 5. The number of ether oxygens (including phenoxy) is 2. The van der Waals surface area contributed by atoms with Crippen LogP contribution >= 0.6 is 23.5 Å². The number of methoxy groups -OCH3 is 1.